The van der Waals surface area contributed by atoms with Gasteiger partial charge in [0.2, 0.25) is 5.91 Å². The zero-order valence-corrected chi connectivity index (χ0v) is 9.86. The normalized spacial score (nSPS) is 10.9. The Morgan fingerprint density at radius 2 is 2.12 bits per heavy atom. The van der Waals surface area contributed by atoms with Crippen molar-refractivity contribution in [1.29, 1.82) is 0 Å². The van der Waals surface area contributed by atoms with E-state index in [9.17, 15) is 9.59 Å². The maximum Gasteiger partial charge on any atom is 0.272 e. The average molecular weight is 236 g/mol. The minimum atomic E-state index is -0.729. The van der Waals surface area contributed by atoms with E-state index in [0.717, 1.165) is 0 Å². The number of nitrogen functional groups attached to an aromatic ring is 1. The number of aromatic nitrogens is 1. The summed E-state index contributed by atoms with van der Waals surface area (Å²) in [5.41, 5.74) is 10.4. The molecule has 1 heterocycles. The van der Waals surface area contributed by atoms with Gasteiger partial charge in [0.15, 0.2) is 5.69 Å². The molecule has 0 aliphatic carbocycles. The number of carbonyl (C=O) groups is 2. The molecule has 6 nitrogen and oxygen atoms in total. The fourth-order valence-electron chi connectivity index (χ4n) is 1.45. The lowest BCUT2D eigenvalue weighted by molar-refractivity contribution is -0.119. The molecule has 92 valence electrons. The molecule has 0 saturated heterocycles. The predicted octanol–water partition coefficient (Wildman–Crippen LogP) is 0.0476. The topological polar surface area (TPSA) is 111 Å². The molecule has 0 bridgehead atoms. The summed E-state index contributed by atoms with van der Waals surface area (Å²) in [7, 11) is 0. The van der Waals surface area contributed by atoms with E-state index in [2.05, 4.69) is 10.3 Å². The van der Waals surface area contributed by atoms with Gasteiger partial charge in [-0.1, -0.05) is 0 Å². The second kappa shape index (κ2) is 4.82. The molecule has 0 aliphatic heterocycles. The third-order valence-electron chi connectivity index (χ3n) is 2.12. The average Bonchev–Trinajstić information content (AvgIpc) is 2.14. The maximum atomic E-state index is 11.9. The fourth-order valence-corrected chi connectivity index (χ4v) is 1.45. The van der Waals surface area contributed by atoms with E-state index >= 15 is 0 Å². The van der Waals surface area contributed by atoms with Crippen LogP contribution in [0.15, 0.2) is 18.3 Å². The molecular weight excluding hydrogens is 220 g/mol. The van der Waals surface area contributed by atoms with Crippen molar-refractivity contribution in [3.63, 3.8) is 0 Å². The Morgan fingerprint density at radius 3 is 2.65 bits per heavy atom. The number of anilines is 1. The van der Waals surface area contributed by atoms with Crippen LogP contribution in [0.1, 0.15) is 30.8 Å². The molecule has 2 amide bonds. The molecule has 17 heavy (non-hydrogen) atoms. The zero-order valence-electron chi connectivity index (χ0n) is 9.86. The molecular formula is C11H16N4O2. The molecule has 0 aliphatic rings. The van der Waals surface area contributed by atoms with E-state index in [4.69, 9.17) is 11.5 Å². The predicted molar refractivity (Wildman–Crippen MR) is 64.0 cm³/mol. The molecule has 6 heteroatoms. The van der Waals surface area contributed by atoms with Gasteiger partial charge in [-0.25, -0.2) is 4.98 Å². The SMILES string of the molecule is CC(C)(CC(N)=O)NC(=O)c1ncccc1N. The first-order chi connectivity index (χ1) is 7.82. The highest BCUT2D eigenvalue weighted by molar-refractivity contribution is 5.97. The standard InChI is InChI=1S/C11H16N4O2/c1-11(2,6-8(13)16)15-10(17)9-7(12)4-3-5-14-9/h3-5H,6,12H2,1-2H3,(H2,13,16)(H,15,17). The van der Waals surface area contributed by atoms with Crippen molar-refractivity contribution < 1.29 is 9.59 Å². The third-order valence-corrected chi connectivity index (χ3v) is 2.12. The van der Waals surface area contributed by atoms with Crippen molar-refractivity contribution >= 4 is 17.5 Å². The fraction of sp³-hybridized carbons (Fsp3) is 0.364. The van der Waals surface area contributed by atoms with E-state index in [1.54, 1.807) is 26.0 Å². The van der Waals surface area contributed by atoms with E-state index in [-0.39, 0.29) is 12.1 Å². The Balaban J connectivity index is 2.79. The molecule has 0 unspecified atom stereocenters. The molecule has 5 N–H and O–H groups in total. The first kappa shape index (κ1) is 13.0. The summed E-state index contributed by atoms with van der Waals surface area (Å²) in [5.74, 6) is -0.904. The smallest absolute Gasteiger partial charge is 0.272 e. The van der Waals surface area contributed by atoms with Gasteiger partial charge in [0.1, 0.15) is 0 Å². The van der Waals surface area contributed by atoms with Crippen molar-refractivity contribution in [2.45, 2.75) is 25.8 Å². The number of nitrogens with one attached hydrogen (secondary N) is 1. The number of hydrogen-bond donors (Lipinski definition) is 3. The number of nitrogens with zero attached hydrogens (tertiary/aromatic N) is 1. The maximum absolute atomic E-state index is 11.9. The van der Waals surface area contributed by atoms with E-state index in [0.29, 0.717) is 5.69 Å². The van der Waals surface area contributed by atoms with E-state index in [1.165, 1.54) is 6.20 Å². The van der Waals surface area contributed by atoms with E-state index < -0.39 is 17.4 Å². The third kappa shape index (κ3) is 3.75. The second-order valence-electron chi connectivity index (χ2n) is 4.42. The first-order valence-corrected chi connectivity index (χ1v) is 5.13. The van der Waals surface area contributed by atoms with Gasteiger partial charge in [-0.2, -0.15) is 0 Å². The number of hydrogen-bond acceptors (Lipinski definition) is 4. The summed E-state index contributed by atoms with van der Waals surface area (Å²) in [6.07, 6.45) is 1.53. The number of pyridine rings is 1. The van der Waals surface area contributed by atoms with Crippen molar-refractivity contribution in [2.24, 2.45) is 5.73 Å². The van der Waals surface area contributed by atoms with Crippen molar-refractivity contribution in [1.82, 2.24) is 10.3 Å². The Kier molecular flexibility index (Phi) is 3.67. The van der Waals surface area contributed by atoms with Crippen LogP contribution in [0, 0.1) is 0 Å². The first-order valence-electron chi connectivity index (χ1n) is 5.13. The van der Waals surface area contributed by atoms with Gasteiger partial charge < -0.3 is 16.8 Å². The van der Waals surface area contributed by atoms with Gasteiger partial charge in [0.05, 0.1) is 5.69 Å². The Morgan fingerprint density at radius 1 is 1.47 bits per heavy atom. The minimum Gasteiger partial charge on any atom is -0.397 e. The van der Waals surface area contributed by atoms with Crippen LogP contribution in [-0.2, 0) is 4.79 Å². The van der Waals surface area contributed by atoms with Crippen LogP contribution in [0.2, 0.25) is 0 Å². The van der Waals surface area contributed by atoms with Crippen molar-refractivity contribution in [3.8, 4) is 0 Å². The van der Waals surface area contributed by atoms with Gasteiger partial charge in [0.25, 0.3) is 5.91 Å². The largest absolute Gasteiger partial charge is 0.397 e. The molecule has 1 aromatic heterocycles. The molecule has 1 rings (SSSR count). The van der Waals surface area contributed by atoms with Crippen molar-refractivity contribution in [3.05, 3.63) is 24.0 Å². The Labute approximate surface area is 99.4 Å². The number of rotatable bonds is 4. The quantitative estimate of drug-likeness (QED) is 0.685. The monoisotopic (exact) mass is 236 g/mol. The number of primary amides is 1. The van der Waals surface area contributed by atoms with Gasteiger partial charge in [0, 0.05) is 18.2 Å². The van der Waals surface area contributed by atoms with Crippen LogP contribution in [0.4, 0.5) is 5.69 Å². The van der Waals surface area contributed by atoms with Gasteiger partial charge in [-0.15, -0.1) is 0 Å². The summed E-state index contributed by atoms with van der Waals surface area (Å²) in [6, 6.07) is 3.23. The van der Waals surface area contributed by atoms with Crippen LogP contribution >= 0.6 is 0 Å². The second-order valence-corrected chi connectivity index (χ2v) is 4.42. The molecule has 1 aromatic rings. The molecule has 0 atom stereocenters. The van der Waals surface area contributed by atoms with Gasteiger partial charge in [-0.05, 0) is 26.0 Å². The van der Waals surface area contributed by atoms with Gasteiger partial charge in [-0.3, -0.25) is 9.59 Å². The molecule has 0 radical (unpaired) electrons. The highest BCUT2D eigenvalue weighted by atomic mass is 16.2. The number of carbonyl (C=O) groups excluding carboxylic acids is 2. The summed E-state index contributed by atoms with van der Waals surface area (Å²) in [4.78, 5) is 26.6. The molecule has 0 aromatic carbocycles. The van der Waals surface area contributed by atoms with Crippen LogP contribution in [0.25, 0.3) is 0 Å². The lowest BCUT2D eigenvalue weighted by Gasteiger charge is -2.24. The summed E-state index contributed by atoms with van der Waals surface area (Å²) >= 11 is 0. The minimum absolute atomic E-state index is 0.0471. The Hall–Kier alpha value is -2.11. The van der Waals surface area contributed by atoms with Crippen LogP contribution in [0.3, 0.4) is 0 Å². The lowest BCUT2D eigenvalue weighted by Crippen LogP contribution is -2.46. The molecule has 0 fully saturated rings. The van der Waals surface area contributed by atoms with Crippen LogP contribution in [0.5, 0.6) is 0 Å². The summed E-state index contributed by atoms with van der Waals surface area (Å²) < 4.78 is 0. The number of nitrogens with two attached hydrogens (primary N) is 2. The van der Waals surface area contributed by atoms with E-state index in [1.807, 2.05) is 0 Å². The molecule has 0 saturated carbocycles. The highest BCUT2D eigenvalue weighted by Gasteiger charge is 2.24. The zero-order chi connectivity index (χ0) is 13.1. The van der Waals surface area contributed by atoms with Crippen molar-refractivity contribution in [2.75, 3.05) is 5.73 Å². The van der Waals surface area contributed by atoms with Crippen LogP contribution in [-0.4, -0.2) is 22.3 Å². The number of amides is 2. The summed E-state index contributed by atoms with van der Waals surface area (Å²) in [6.45, 7) is 3.41. The highest BCUT2D eigenvalue weighted by Crippen LogP contribution is 2.12. The Bertz CT molecular complexity index is 443. The van der Waals surface area contributed by atoms with Crippen LogP contribution < -0.4 is 16.8 Å². The lowest BCUT2D eigenvalue weighted by atomic mass is 10.00. The van der Waals surface area contributed by atoms with Gasteiger partial charge >= 0.3 is 0 Å². The summed E-state index contributed by atoms with van der Waals surface area (Å²) in [5, 5.41) is 2.66. The molecule has 0 spiro atoms.